The van der Waals surface area contributed by atoms with Gasteiger partial charge in [-0.25, -0.2) is 4.98 Å². The lowest BCUT2D eigenvalue weighted by molar-refractivity contribution is -0.121. The van der Waals surface area contributed by atoms with Crippen LogP contribution in [0.1, 0.15) is 24.4 Å². The van der Waals surface area contributed by atoms with Crippen molar-refractivity contribution in [3.05, 3.63) is 71.5 Å². The number of nitrogens with zero attached hydrogens (tertiary/aromatic N) is 4. The summed E-state index contributed by atoms with van der Waals surface area (Å²) in [5.74, 6) is 1.05. The van der Waals surface area contributed by atoms with Crippen molar-refractivity contribution in [1.82, 2.24) is 24.8 Å². The van der Waals surface area contributed by atoms with E-state index in [2.05, 4.69) is 20.4 Å². The second-order valence-corrected chi connectivity index (χ2v) is 7.11. The van der Waals surface area contributed by atoms with Crippen LogP contribution >= 0.6 is 11.6 Å². The minimum Gasteiger partial charge on any atom is -0.356 e. The number of aromatic nitrogens is 4. The minimum atomic E-state index is 0.00574. The molecule has 0 saturated carbocycles. The van der Waals surface area contributed by atoms with Crippen molar-refractivity contribution in [2.75, 3.05) is 6.54 Å². The van der Waals surface area contributed by atoms with Crippen LogP contribution in [0, 0.1) is 0 Å². The van der Waals surface area contributed by atoms with Crippen LogP contribution in [-0.4, -0.2) is 32.0 Å². The highest BCUT2D eigenvalue weighted by atomic mass is 35.5. The number of imidazole rings is 1. The van der Waals surface area contributed by atoms with Crippen LogP contribution in [0.25, 0.3) is 17.0 Å². The third kappa shape index (κ3) is 5.00. The number of carbonyl (C=O) groups excluding carboxylic acids is 1. The van der Waals surface area contributed by atoms with Gasteiger partial charge in [0.05, 0.1) is 5.69 Å². The topological polar surface area (TPSA) is 85.3 Å². The molecule has 4 aromatic rings. The summed E-state index contributed by atoms with van der Waals surface area (Å²) in [5, 5.41) is 7.56. The van der Waals surface area contributed by atoms with Crippen LogP contribution in [-0.2, 0) is 17.6 Å². The van der Waals surface area contributed by atoms with E-state index in [0.717, 1.165) is 16.9 Å². The number of pyridine rings is 1. The molecule has 0 atom stereocenters. The van der Waals surface area contributed by atoms with E-state index in [1.165, 1.54) is 0 Å². The SMILES string of the molecule is O=C(CCCc1nc(-c2ccc(Cl)cc2)no1)NCCc1cn2ccccc2n1. The first-order valence-corrected chi connectivity index (χ1v) is 9.83. The molecule has 0 bridgehead atoms. The van der Waals surface area contributed by atoms with Gasteiger partial charge in [0.25, 0.3) is 0 Å². The third-order valence-corrected chi connectivity index (χ3v) is 4.73. The Labute approximate surface area is 172 Å². The van der Waals surface area contributed by atoms with Crippen LogP contribution in [0.5, 0.6) is 0 Å². The number of benzene rings is 1. The molecule has 0 aliphatic heterocycles. The fraction of sp³-hybridized carbons (Fsp3) is 0.238. The van der Waals surface area contributed by atoms with Gasteiger partial charge in [0.2, 0.25) is 17.6 Å². The van der Waals surface area contributed by atoms with Gasteiger partial charge in [-0.1, -0.05) is 22.8 Å². The highest BCUT2D eigenvalue weighted by molar-refractivity contribution is 6.30. The highest BCUT2D eigenvalue weighted by Crippen LogP contribution is 2.19. The third-order valence-electron chi connectivity index (χ3n) is 4.48. The molecule has 0 saturated heterocycles. The fourth-order valence-electron chi connectivity index (χ4n) is 3.00. The number of nitrogens with one attached hydrogen (secondary N) is 1. The van der Waals surface area contributed by atoms with Crippen LogP contribution in [0.15, 0.2) is 59.4 Å². The molecule has 1 amide bonds. The predicted octanol–water partition coefficient (Wildman–Crippen LogP) is 3.72. The van der Waals surface area contributed by atoms with E-state index in [4.69, 9.17) is 16.1 Å². The Kier molecular flexibility index (Phi) is 5.86. The number of fused-ring (bicyclic) bond motifs is 1. The van der Waals surface area contributed by atoms with Crippen molar-refractivity contribution in [2.45, 2.75) is 25.7 Å². The smallest absolute Gasteiger partial charge is 0.226 e. The van der Waals surface area contributed by atoms with Gasteiger partial charge in [-0.2, -0.15) is 4.98 Å². The number of hydrogen-bond acceptors (Lipinski definition) is 5. The van der Waals surface area contributed by atoms with E-state index in [1.807, 2.05) is 47.1 Å². The van der Waals surface area contributed by atoms with Crippen molar-refractivity contribution < 1.29 is 9.32 Å². The van der Waals surface area contributed by atoms with Crippen molar-refractivity contribution >= 4 is 23.2 Å². The highest BCUT2D eigenvalue weighted by Gasteiger charge is 2.10. The van der Waals surface area contributed by atoms with Gasteiger partial charge >= 0.3 is 0 Å². The zero-order valence-corrected chi connectivity index (χ0v) is 16.5. The van der Waals surface area contributed by atoms with Gasteiger partial charge in [0.15, 0.2) is 0 Å². The van der Waals surface area contributed by atoms with E-state index in [9.17, 15) is 4.79 Å². The Morgan fingerprint density at radius 2 is 1.97 bits per heavy atom. The van der Waals surface area contributed by atoms with Crippen LogP contribution < -0.4 is 5.32 Å². The Bertz CT molecular complexity index is 1070. The molecule has 0 fully saturated rings. The summed E-state index contributed by atoms with van der Waals surface area (Å²) in [7, 11) is 0. The molecule has 29 heavy (non-hydrogen) atoms. The second kappa shape index (κ2) is 8.87. The van der Waals surface area contributed by atoms with Crippen LogP contribution in [0.3, 0.4) is 0 Å². The van der Waals surface area contributed by atoms with E-state index < -0.39 is 0 Å². The lowest BCUT2D eigenvalue weighted by atomic mass is 10.2. The Balaban J connectivity index is 1.18. The molecule has 4 rings (SSSR count). The fourth-order valence-corrected chi connectivity index (χ4v) is 3.12. The van der Waals surface area contributed by atoms with E-state index in [-0.39, 0.29) is 5.91 Å². The Morgan fingerprint density at radius 3 is 2.79 bits per heavy atom. The van der Waals surface area contributed by atoms with Crippen molar-refractivity contribution in [1.29, 1.82) is 0 Å². The standard InChI is InChI=1S/C21H20ClN5O2/c22-16-9-7-15(8-10-16)21-25-20(29-26-21)6-3-5-19(28)23-12-11-17-14-27-13-2-1-4-18(27)24-17/h1-2,4,7-10,13-14H,3,5-6,11-12H2,(H,23,28). The molecule has 0 radical (unpaired) electrons. The summed E-state index contributed by atoms with van der Waals surface area (Å²) in [6.45, 7) is 0.560. The number of rotatable bonds is 8. The number of aryl methyl sites for hydroxylation is 1. The molecular formula is C21H20ClN5O2. The van der Waals surface area contributed by atoms with E-state index >= 15 is 0 Å². The molecular weight excluding hydrogens is 390 g/mol. The lowest BCUT2D eigenvalue weighted by Gasteiger charge is -2.02. The van der Waals surface area contributed by atoms with Crippen LogP contribution in [0.2, 0.25) is 5.02 Å². The first kappa shape index (κ1) is 19.1. The number of halogens is 1. The molecule has 7 nitrogen and oxygen atoms in total. The molecule has 0 aliphatic rings. The molecule has 3 heterocycles. The van der Waals surface area contributed by atoms with Gasteiger partial charge < -0.3 is 14.2 Å². The molecule has 0 aliphatic carbocycles. The van der Waals surface area contributed by atoms with Crippen molar-refractivity contribution in [3.8, 4) is 11.4 Å². The quantitative estimate of drug-likeness (QED) is 0.479. The van der Waals surface area contributed by atoms with E-state index in [0.29, 0.717) is 49.0 Å². The molecule has 1 N–H and O–H groups in total. The Morgan fingerprint density at radius 1 is 1.10 bits per heavy atom. The molecule has 3 aromatic heterocycles. The summed E-state index contributed by atoms with van der Waals surface area (Å²) >= 11 is 5.89. The molecule has 148 valence electrons. The Hall–Kier alpha value is -3.19. The van der Waals surface area contributed by atoms with Gasteiger partial charge in [0, 0.05) is 48.8 Å². The van der Waals surface area contributed by atoms with Gasteiger partial charge in [-0.3, -0.25) is 4.79 Å². The maximum absolute atomic E-state index is 12.0. The second-order valence-electron chi connectivity index (χ2n) is 6.67. The maximum atomic E-state index is 12.0. The van der Waals surface area contributed by atoms with Crippen molar-refractivity contribution in [2.24, 2.45) is 0 Å². The number of amides is 1. The van der Waals surface area contributed by atoms with Crippen molar-refractivity contribution in [3.63, 3.8) is 0 Å². The minimum absolute atomic E-state index is 0.00574. The van der Waals surface area contributed by atoms with E-state index in [1.54, 1.807) is 12.1 Å². The van der Waals surface area contributed by atoms with Crippen LogP contribution in [0.4, 0.5) is 0 Å². The first-order chi connectivity index (χ1) is 14.2. The maximum Gasteiger partial charge on any atom is 0.226 e. The zero-order valence-electron chi connectivity index (χ0n) is 15.7. The molecule has 1 aromatic carbocycles. The molecule has 0 spiro atoms. The first-order valence-electron chi connectivity index (χ1n) is 9.45. The largest absolute Gasteiger partial charge is 0.356 e. The lowest BCUT2D eigenvalue weighted by Crippen LogP contribution is -2.25. The predicted molar refractivity (Wildman–Crippen MR) is 110 cm³/mol. The molecule has 8 heteroatoms. The zero-order chi connectivity index (χ0) is 20.1. The monoisotopic (exact) mass is 409 g/mol. The average molecular weight is 410 g/mol. The summed E-state index contributed by atoms with van der Waals surface area (Å²) in [6.07, 6.45) is 6.24. The van der Waals surface area contributed by atoms with Gasteiger partial charge in [0.1, 0.15) is 5.65 Å². The van der Waals surface area contributed by atoms with Gasteiger partial charge in [-0.05, 0) is 42.8 Å². The summed E-state index contributed by atoms with van der Waals surface area (Å²) in [5.41, 5.74) is 2.71. The summed E-state index contributed by atoms with van der Waals surface area (Å²) in [6, 6.07) is 13.1. The average Bonchev–Trinajstić information content (AvgIpc) is 3.35. The number of hydrogen-bond donors (Lipinski definition) is 1. The summed E-state index contributed by atoms with van der Waals surface area (Å²) < 4.78 is 7.23. The summed E-state index contributed by atoms with van der Waals surface area (Å²) in [4.78, 5) is 20.9. The number of carbonyl (C=O) groups is 1. The molecule has 0 unspecified atom stereocenters. The normalized spacial score (nSPS) is 11.1. The van der Waals surface area contributed by atoms with Gasteiger partial charge in [-0.15, -0.1) is 0 Å².